The second-order valence-electron chi connectivity index (χ2n) is 5.59. The highest BCUT2D eigenvalue weighted by Gasteiger charge is 2.27. The van der Waals surface area contributed by atoms with E-state index >= 15 is 0 Å². The summed E-state index contributed by atoms with van der Waals surface area (Å²) >= 11 is 0. The van der Waals surface area contributed by atoms with Crippen molar-refractivity contribution < 1.29 is 14.2 Å². The standard InChI is InChI=1S/C15H22FNO2/c1-15(6-8-19-9-7-15)11-17-10-14(18)12-4-2-3-5-13(12)16/h2-5,14,17-18H,6-11H2,1H3. The molecule has 0 radical (unpaired) electrons. The van der Waals surface area contributed by atoms with E-state index in [1.807, 2.05) is 0 Å². The number of hydrogen-bond acceptors (Lipinski definition) is 3. The van der Waals surface area contributed by atoms with Crippen molar-refractivity contribution in [3.8, 4) is 0 Å². The number of rotatable bonds is 5. The first kappa shape index (κ1) is 14.4. The number of halogens is 1. The fourth-order valence-electron chi connectivity index (χ4n) is 2.41. The molecule has 1 unspecified atom stereocenters. The Morgan fingerprint density at radius 2 is 2.05 bits per heavy atom. The summed E-state index contributed by atoms with van der Waals surface area (Å²) in [5.41, 5.74) is 0.569. The molecule has 1 atom stereocenters. The van der Waals surface area contributed by atoms with Crippen molar-refractivity contribution in [2.24, 2.45) is 5.41 Å². The Balaban J connectivity index is 1.81. The Morgan fingerprint density at radius 1 is 1.37 bits per heavy atom. The SMILES string of the molecule is CC1(CNCC(O)c2ccccc2F)CCOCC1. The van der Waals surface area contributed by atoms with Crippen molar-refractivity contribution in [1.29, 1.82) is 0 Å². The van der Waals surface area contributed by atoms with E-state index in [0.717, 1.165) is 32.6 Å². The zero-order chi connectivity index (χ0) is 13.7. The van der Waals surface area contributed by atoms with Crippen LogP contribution in [0.15, 0.2) is 24.3 Å². The molecule has 1 aliphatic heterocycles. The van der Waals surface area contributed by atoms with Gasteiger partial charge in [-0.15, -0.1) is 0 Å². The summed E-state index contributed by atoms with van der Waals surface area (Å²) in [7, 11) is 0. The number of nitrogens with one attached hydrogen (secondary N) is 1. The van der Waals surface area contributed by atoms with E-state index in [1.54, 1.807) is 18.2 Å². The Morgan fingerprint density at radius 3 is 2.74 bits per heavy atom. The van der Waals surface area contributed by atoms with E-state index in [9.17, 15) is 9.50 Å². The first-order valence-electron chi connectivity index (χ1n) is 6.82. The van der Waals surface area contributed by atoms with Crippen LogP contribution in [-0.4, -0.2) is 31.4 Å². The summed E-state index contributed by atoms with van der Waals surface area (Å²) in [6.45, 7) is 5.01. The molecular weight excluding hydrogens is 245 g/mol. The van der Waals surface area contributed by atoms with Crippen LogP contribution in [0.5, 0.6) is 0 Å². The average molecular weight is 267 g/mol. The molecular formula is C15H22FNO2. The normalized spacial score (nSPS) is 20.2. The van der Waals surface area contributed by atoms with Gasteiger partial charge in [0.1, 0.15) is 5.82 Å². The number of hydrogen-bond donors (Lipinski definition) is 2. The zero-order valence-electron chi connectivity index (χ0n) is 11.4. The summed E-state index contributed by atoms with van der Waals surface area (Å²) in [5, 5.41) is 13.2. The van der Waals surface area contributed by atoms with E-state index < -0.39 is 6.10 Å². The average Bonchev–Trinajstić information content (AvgIpc) is 2.39. The summed E-state index contributed by atoms with van der Waals surface area (Å²) in [6, 6.07) is 6.36. The lowest BCUT2D eigenvalue weighted by atomic mass is 9.82. The van der Waals surface area contributed by atoms with E-state index in [2.05, 4.69) is 12.2 Å². The Hall–Kier alpha value is -0.970. The molecule has 2 N–H and O–H groups in total. The molecule has 0 amide bonds. The van der Waals surface area contributed by atoms with Crippen molar-refractivity contribution in [3.63, 3.8) is 0 Å². The highest BCUT2D eigenvalue weighted by atomic mass is 19.1. The van der Waals surface area contributed by atoms with Gasteiger partial charge in [-0.05, 0) is 24.3 Å². The molecule has 1 fully saturated rings. The van der Waals surface area contributed by atoms with Crippen LogP contribution in [0.1, 0.15) is 31.4 Å². The molecule has 2 rings (SSSR count). The lowest BCUT2D eigenvalue weighted by Crippen LogP contribution is -2.38. The van der Waals surface area contributed by atoms with Gasteiger partial charge in [0.2, 0.25) is 0 Å². The predicted molar refractivity (Wildman–Crippen MR) is 72.4 cm³/mol. The Kier molecular flexibility index (Phi) is 4.91. The molecule has 1 aromatic carbocycles. The van der Waals surface area contributed by atoms with Crippen molar-refractivity contribution >= 4 is 0 Å². The van der Waals surface area contributed by atoms with Crippen LogP contribution in [0.2, 0.25) is 0 Å². The number of aliphatic hydroxyl groups excluding tert-OH is 1. The smallest absolute Gasteiger partial charge is 0.129 e. The van der Waals surface area contributed by atoms with E-state index in [-0.39, 0.29) is 11.2 Å². The van der Waals surface area contributed by atoms with Crippen molar-refractivity contribution in [3.05, 3.63) is 35.6 Å². The minimum absolute atomic E-state index is 0.215. The molecule has 19 heavy (non-hydrogen) atoms. The highest BCUT2D eigenvalue weighted by Crippen LogP contribution is 2.28. The van der Waals surface area contributed by atoms with Gasteiger partial charge < -0.3 is 15.2 Å². The number of benzene rings is 1. The zero-order valence-corrected chi connectivity index (χ0v) is 11.4. The van der Waals surface area contributed by atoms with Crippen LogP contribution >= 0.6 is 0 Å². The fourth-order valence-corrected chi connectivity index (χ4v) is 2.41. The molecule has 0 bridgehead atoms. The quantitative estimate of drug-likeness (QED) is 0.860. The second-order valence-corrected chi connectivity index (χ2v) is 5.59. The largest absolute Gasteiger partial charge is 0.387 e. The third-order valence-corrected chi connectivity index (χ3v) is 3.85. The summed E-state index contributed by atoms with van der Waals surface area (Å²) in [5.74, 6) is -0.353. The van der Waals surface area contributed by atoms with Crippen LogP contribution in [0.25, 0.3) is 0 Å². The molecule has 0 spiro atoms. The third kappa shape index (κ3) is 4.00. The number of ether oxygens (including phenoxy) is 1. The summed E-state index contributed by atoms with van der Waals surface area (Å²) in [4.78, 5) is 0. The van der Waals surface area contributed by atoms with Crippen LogP contribution in [-0.2, 0) is 4.74 Å². The van der Waals surface area contributed by atoms with Gasteiger partial charge in [-0.2, -0.15) is 0 Å². The van der Waals surface area contributed by atoms with Gasteiger partial charge in [-0.3, -0.25) is 0 Å². The first-order chi connectivity index (χ1) is 9.11. The van der Waals surface area contributed by atoms with E-state index in [1.165, 1.54) is 6.07 Å². The molecule has 1 heterocycles. The topological polar surface area (TPSA) is 41.5 Å². The Labute approximate surface area is 113 Å². The van der Waals surface area contributed by atoms with Crippen molar-refractivity contribution in [1.82, 2.24) is 5.32 Å². The summed E-state index contributed by atoms with van der Waals surface area (Å²) in [6.07, 6.45) is 1.25. The van der Waals surface area contributed by atoms with Crippen LogP contribution in [0, 0.1) is 11.2 Å². The predicted octanol–water partition coefficient (Wildman–Crippen LogP) is 2.27. The Bertz CT molecular complexity index is 405. The van der Waals surface area contributed by atoms with Gasteiger partial charge in [0.25, 0.3) is 0 Å². The molecule has 0 aliphatic carbocycles. The summed E-state index contributed by atoms with van der Waals surface area (Å²) < 4.78 is 18.8. The molecule has 3 nitrogen and oxygen atoms in total. The van der Waals surface area contributed by atoms with Crippen molar-refractivity contribution in [2.75, 3.05) is 26.3 Å². The first-order valence-corrected chi connectivity index (χ1v) is 6.82. The van der Waals surface area contributed by atoms with Gasteiger partial charge in [0.05, 0.1) is 6.10 Å². The van der Waals surface area contributed by atoms with Crippen molar-refractivity contribution in [2.45, 2.75) is 25.9 Å². The molecule has 0 aromatic heterocycles. The third-order valence-electron chi connectivity index (χ3n) is 3.85. The molecule has 106 valence electrons. The van der Waals surface area contributed by atoms with Gasteiger partial charge in [0.15, 0.2) is 0 Å². The van der Waals surface area contributed by atoms with Gasteiger partial charge in [-0.1, -0.05) is 25.1 Å². The molecule has 1 aliphatic rings. The maximum atomic E-state index is 13.5. The second kappa shape index (κ2) is 6.46. The molecule has 1 saturated heterocycles. The van der Waals surface area contributed by atoms with E-state index in [4.69, 9.17) is 4.74 Å². The van der Waals surface area contributed by atoms with E-state index in [0.29, 0.717) is 12.1 Å². The maximum absolute atomic E-state index is 13.5. The molecule has 0 saturated carbocycles. The van der Waals surface area contributed by atoms with Gasteiger partial charge >= 0.3 is 0 Å². The van der Waals surface area contributed by atoms with Gasteiger partial charge in [0, 0.05) is 31.9 Å². The maximum Gasteiger partial charge on any atom is 0.129 e. The fraction of sp³-hybridized carbons (Fsp3) is 0.600. The number of aliphatic hydroxyl groups is 1. The van der Waals surface area contributed by atoms with Crippen LogP contribution < -0.4 is 5.32 Å². The van der Waals surface area contributed by atoms with Crippen LogP contribution in [0.3, 0.4) is 0 Å². The minimum atomic E-state index is -0.801. The lowest BCUT2D eigenvalue weighted by molar-refractivity contribution is 0.0226. The molecule has 4 heteroatoms. The highest BCUT2D eigenvalue weighted by molar-refractivity contribution is 5.19. The molecule has 1 aromatic rings. The monoisotopic (exact) mass is 267 g/mol. The minimum Gasteiger partial charge on any atom is -0.387 e. The lowest BCUT2D eigenvalue weighted by Gasteiger charge is -2.34. The van der Waals surface area contributed by atoms with Gasteiger partial charge in [-0.25, -0.2) is 4.39 Å². The van der Waals surface area contributed by atoms with Crippen LogP contribution in [0.4, 0.5) is 4.39 Å².